The second-order valence-corrected chi connectivity index (χ2v) is 3.79. The molecule has 2 aromatic rings. The van der Waals surface area contributed by atoms with Crippen LogP contribution in [0.4, 0.5) is 0 Å². The molecule has 0 unspecified atom stereocenters. The van der Waals surface area contributed by atoms with Crippen LogP contribution in [0.5, 0.6) is 11.7 Å². The van der Waals surface area contributed by atoms with Gasteiger partial charge in [0.2, 0.25) is 5.69 Å². The molecule has 0 aliphatic rings. The molecule has 15 heavy (non-hydrogen) atoms. The fourth-order valence-corrected chi connectivity index (χ4v) is 1.61. The van der Waals surface area contributed by atoms with Crippen LogP contribution in [0.15, 0.2) is 28.8 Å². The second-order valence-electron chi connectivity index (χ2n) is 2.76. The molecule has 6 heteroatoms. The summed E-state index contributed by atoms with van der Waals surface area (Å²) in [5.41, 5.74) is 0.726. The Bertz CT molecular complexity index is 484. The van der Waals surface area contributed by atoms with Crippen molar-refractivity contribution in [3.8, 4) is 17.4 Å². The second kappa shape index (κ2) is 4.05. The molecule has 0 bridgehead atoms. The predicted molar refractivity (Wildman–Crippen MR) is 56.8 cm³/mol. The van der Waals surface area contributed by atoms with Crippen LogP contribution < -0.4 is 14.5 Å². The Kier molecular flexibility index (Phi) is 2.76. The van der Waals surface area contributed by atoms with Crippen molar-refractivity contribution in [1.29, 1.82) is 0 Å². The highest BCUT2D eigenvalue weighted by atomic mass is 127. The van der Waals surface area contributed by atoms with Gasteiger partial charge in [0.05, 0.1) is 18.4 Å². The van der Waals surface area contributed by atoms with Crippen molar-refractivity contribution in [3.05, 3.63) is 28.0 Å². The maximum Gasteiger partial charge on any atom is 0.298 e. The summed E-state index contributed by atoms with van der Waals surface area (Å²) in [5.74, 6) is 0.254. The Morgan fingerprint density at radius 2 is 2.33 bits per heavy atom. The molecule has 0 amide bonds. The van der Waals surface area contributed by atoms with Gasteiger partial charge >= 0.3 is 0 Å². The van der Waals surface area contributed by atoms with E-state index in [1.165, 1.54) is 4.68 Å². The molecule has 0 aliphatic carbocycles. The molecule has 0 radical (unpaired) electrons. The van der Waals surface area contributed by atoms with Crippen LogP contribution in [0.2, 0.25) is 0 Å². The minimum atomic E-state index is -0.446. The summed E-state index contributed by atoms with van der Waals surface area (Å²) in [6, 6.07) is 7.21. The van der Waals surface area contributed by atoms with E-state index in [-0.39, 0.29) is 0 Å². The van der Waals surface area contributed by atoms with Crippen molar-refractivity contribution in [2.45, 2.75) is 0 Å². The summed E-state index contributed by atoms with van der Waals surface area (Å²) in [5, 5.41) is 14.7. The summed E-state index contributed by atoms with van der Waals surface area (Å²) >= 11 is 1.88. The molecule has 0 fully saturated rings. The molecule has 1 aromatic carbocycles. The van der Waals surface area contributed by atoms with Gasteiger partial charge in [0.25, 0.3) is 3.70 Å². The molecule has 1 aromatic heterocycles. The summed E-state index contributed by atoms with van der Waals surface area (Å²) in [4.78, 5) is 0. The van der Waals surface area contributed by atoms with E-state index in [2.05, 4.69) is 9.79 Å². The van der Waals surface area contributed by atoms with Crippen LogP contribution in [0.25, 0.3) is 5.69 Å². The lowest BCUT2D eigenvalue weighted by molar-refractivity contribution is -0.682. The maximum absolute atomic E-state index is 11.1. The number of nitrogens with zero attached hydrogens (tertiary/aromatic N) is 2. The van der Waals surface area contributed by atoms with Gasteiger partial charge in [-0.3, -0.25) is 0 Å². The first-order valence-electron chi connectivity index (χ1n) is 4.11. The summed E-state index contributed by atoms with van der Waals surface area (Å²) in [6.45, 7) is 0. The van der Waals surface area contributed by atoms with Gasteiger partial charge in [0.1, 0.15) is 5.75 Å². The molecule has 0 N–H and O–H groups in total. The van der Waals surface area contributed by atoms with Gasteiger partial charge in [0, 0.05) is 28.7 Å². The summed E-state index contributed by atoms with van der Waals surface area (Å²) < 4.78 is 11.4. The minimum absolute atomic E-state index is 0.404. The lowest BCUT2D eigenvalue weighted by Crippen LogP contribution is -2.35. The zero-order valence-corrected chi connectivity index (χ0v) is 9.96. The monoisotopic (exact) mass is 318 g/mol. The Balaban J connectivity index is 2.49. The van der Waals surface area contributed by atoms with Gasteiger partial charge in [-0.1, -0.05) is 6.07 Å². The zero-order chi connectivity index (χ0) is 10.8. The summed E-state index contributed by atoms with van der Waals surface area (Å²) in [7, 11) is 1.58. The average Bonchev–Trinajstić information content (AvgIpc) is 2.60. The zero-order valence-electron chi connectivity index (χ0n) is 7.81. The van der Waals surface area contributed by atoms with Crippen molar-refractivity contribution in [3.63, 3.8) is 0 Å². The third-order valence-corrected chi connectivity index (χ3v) is 2.76. The molecule has 0 atom stereocenters. The van der Waals surface area contributed by atoms with Gasteiger partial charge in [-0.2, -0.15) is 0 Å². The number of ether oxygens (including phenoxy) is 1. The van der Waals surface area contributed by atoms with Crippen LogP contribution >= 0.6 is 22.6 Å². The third kappa shape index (κ3) is 1.89. The van der Waals surface area contributed by atoms with Crippen molar-refractivity contribution in [1.82, 2.24) is 5.27 Å². The topological polar surface area (TPSA) is 62.2 Å². The van der Waals surface area contributed by atoms with E-state index in [1.807, 2.05) is 40.8 Å². The lowest BCUT2D eigenvalue weighted by Gasteiger charge is -1.97. The Labute approximate surface area is 99.4 Å². The number of hydrogen-bond acceptors (Lipinski definition) is 4. The highest BCUT2D eigenvalue weighted by Crippen LogP contribution is 2.16. The Morgan fingerprint density at radius 3 is 2.93 bits per heavy atom. The number of aromatic nitrogens is 2. The lowest BCUT2D eigenvalue weighted by atomic mass is 10.3. The molecule has 2 rings (SSSR count). The average molecular weight is 318 g/mol. The van der Waals surface area contributed by atoms with Crippen molar-refractivity contribution < 1.29 is 19.0 Å². The van der Waals surface area contributed by atoms with Crippen LogP contribution in [-0.2, 0) is 0 Å². The van der Waals surface area contributed by atoms with Crippen molar-refractivity contribution >= 4 is 22.6 Å². The normalized spacial score (nSPS) is 10.3. The van der Waals surface area contributed by atoms with E-state index in [4.69, 9.17) is 4.74 Å². The Hall–Kier alpha value is -1.31. The van der Waals surface area contributed by atoms with E-state index in [0.29, 0.717) is 9.45 Å². The molecule has 0 aliphatic heterocycles. The fourth-order valence-electron chi connectivity index (χ4n) is 1.14. The molecule has 1 heterocycles. The van der Waals surface area contributed by atoms with E-state index in [1.54, 1.807) is 13.2 Å². The third-order valence-electron chi connectivity index (χ3n) is 1.86. The number of halogens is 1. The number of methoxy groups -OCH3 is 1. The highest BCUT2D eigenvalue weighted by Gasteiger charge is 2.17. The largest absolute Gasteiger partial charge is 0.538 e. The standard InChI is InChI=1S/C9H7IN2O3/c1-14-7-4-2-3-6(5-7)12-8(10)9(13)15-11-12/h2-5H,1H3. The Morgan fingerprint density at radius 1 is 1.53 bits per heavy atom. The van der Waals surface area contributed by atoms with Crippen LogP contribution in [0.1, 0.15) is 0 Å². The molecule has 0 saturated heterocycles. The smallest absolute Gasteiger partial charge is 0.298 e. The first-order chi connectivity index (χ1) is 7.22. The number of rotatable bonds is 2. The van der Waals surface area contributed by atoms with Crippen LogP contribution in [0, 0.1) is 3.70 Å². The minimum Gasteiger partial charge on any atom is -0.538 e. The highest BCUT2D eigenvalue weighted by molar-refractivity contribution is 14.1. The molecule has 0 spiro atoms. The molecular weight excluding hydrogens is 311 g/mol. The van der Waals surface area contributed by atoms with Crippen LogP contribution in [0.3, 0.4) is 0 Å². The fraction of sp³-hybridized carbons (Fsp3) is 0.111. The van der Waals surface area contributed by atoms with E-state index in [9.17, 15) is 5.11 Å². The molecule has 78 valence electrons. The number of hydrogen-bond donors (Lipinski definition) is 0. The van der Waals surface area contributed by atoms with Crippen LogP contribution in [-0.4, -0.2) is 12.4 Å². The quantitative estimate of drug-likeness (QED) is 0.602. The first-order valence-corrected chi connectivity index (χ1v) is 5.19. The number of benzene rings is 1. The molecule has 0 saturated carbocycles. The van der Waals surface area contributed by atoms with Gasteiger partial charge < -0.3 is 14.4 Å². The predicted octanol–water partition coefficient (Wildman–Crippen LogP) is 0.638. The van der Waals surface area contributed by atoms with E-state index >= 15 is 0 Å². The van der Waals surface area contributed by atoms with E-state index in [0.717, 1.165) is 5.69 Å². The van der Waals surface area contributed by atoms with Gasteiger partial charge in [-0.25, -0.2) is 0 Å². The van der Waals surface area contributed by atoms with E-state index < -0.39 is 5.95 Å². The van der Waals surface area contributed by atoms with Crippen molar-refractivity contribution in [2.75, 3.05) is 7.11 Å². The first kappa shape index (κ1) is 10.2. The maximum atomic E-state index is 11.1. The van der Waals surface area contributed by atoms with Gasteiger partial charge in [-0.15, -0.1) is 0 Å². The summed E-state index contributed by atoms with van der Waals surface area (Å²) in [6.07, 6.45) is 0. The SMILES string of the molecule is COc1cccc(-[n+]2noc([O-])c2I)c1. The molecule has 5 nitrogen and oxygen atoms in total. The van der Waals surface area contributed by atoms with Gasteiger partial charge in [0.15, 0.2) is 5.95 Å². The van der Waals surface area contributed by atoms with Gasteiger partial charge in [-0.05, 0) is 10.7 Å². The van der Waals surface area contributed by atoms with Crippen molar-refractivity contribution in [2.24, 2.45) is 0 Å². The molecular formula is C9H7IN2O3.